The van der Waals surface area contributed by atoms with Crippen LogP contribution in [0.2, 0.25) is 0 Å². The Morgan fingerprint density at radius 2 is 1.78 bits per heavy atom. The number of nitrogens with zero attached hydrogens (tertiary/aromatic N) is 2. The number of hydrogen-bond donors (Lipinski definition) is 2. The van der Waals surface area contributed by atoms with E-state index >= 15 is 0 Å². The van der Waals surface area contributed by atoms with Gasteiger partial charge in [0.05, 0.1) is 22.5 Å². The number of benzene rings is 1. The number of hydrogen-bond acceptors (Lipinski definition) is 4. The van der Waals surface area contributed by atoms with E-state index in [1.165, 1.54) is 22.5 Å². The maximum atomic E-state index is 12.7. The summed E-state index contributed by atoms with van der Waals surface area (Å²) in [6, 6.07) is 4.42. The van der Waals surface area contributed by atoms with Crippen molar-refractivity contribution in [2.45, 2.75) is 24.8 Å². The summed E-state index contributed by atoms with van der Waals surface area (Å²) in [4.78, 5) is 30.2. The van der Waals surface area contributed by atoms with Crippen LogP contribution >= 0.6 is 0 Å². The van der Waals surface area contributed by atoms with E-state index in [0.717, 1.165) is 0 Å². The third kappa shape index (κ3) is 2.77. The number of aromatic nitrogens is 2. The summed E-state index contributed by atoms with van der Waals surface area (Å²) >= 11 is 0. The second kappa shape index (κ2) is 5.50. The van der Waals surface area contributed by atoms with Gasteiger partial charge < -0.3 is 14.9 Å². The Bertz CT molecular complexity index is 912. The molecule has 3 rings (SSSR count). The van der Waals surface area contributed by atoms with Crippen molar-refractivity contribution in [2.24, 2.45) is 0 Å². The third-order valence-electron chi connectivity index (χ3n) is 3.97. The van der Waals surface area contributed by atoms with Crippen LogP contribution < -0.4 is 5.69 Å². The predicted octanol–water partition coefficient (Wildman–Crippen LogP) is 0.0975. The molecule has 2 heterocycles. The summed E-state index contributed by atoms with van der Waals surface area (Å²) in [6.45, 7) is 4.27. The van der Waals surface area contributed by atoms with Crippen molar-refractivity contribution >= 4 is 27.0 Å². The molecule has 0 atom stereocenters. The van der Waals surface area contributed by atoms with Gasteiger partial charge >= 0.3 is 5.69 Å². The summed E-state index contributed by atoms with van der Waals surface area (Å²) in [5.41, 5.74) is 0.563. The molecular formula is C14H18N4O4S. The number of imidazole rings is 1. The largest absolute Gasteiger partial charge is 0.338 e. The monoisotopic (exact) mass is 338 g/mol. The van der Waals surface area contributed by atoms with Gasteiger partial charge in [0.15, 0.2) is 0 Å². The zero-order chi connectivity index (χ0) is 16.8. The molecule has 1 aromatic carbocycles. The number of fused-ring (bicyclic) bond motifs is 1. The Kier molecular flexibility index (Phi) is 3.77. The molecule has 0 saturated carbocycles. The van der Waals surface area contributed by atoms with Crippen molar-refractivity contribution in [3.8, 4) is 0 Å². The van der Waals surface area contributed by atoms with Crippen molar-refractivity contribution in [2.75, 3.05) is 19.6 Å². The van der Waals surface area contributed by atoms with Crippen LogP contribution in [0.3, 0.4) is 0 Å². The molecule has 1 amide bonds. The number of amides is 1. The van der Waals surface area contributed by atoms with Crippen molar-refractivity contribution in [3.05, 3.63) is 28.7 Å². The minimum absolute atomic E-state index is 0.0497. The predicted molar refractivity (Wildman–Crippen MR) is 84.5 cm³/mol. The summed E-state index contributed by atoms with van der Waals surface area (Å²) in [5, 5.41) is 0. The van der Waals surface area contributed by atoms with Crippen LogP contribution in [0.4, 0.5) is 0 Å². The molecule has 1 aliphatic rings. The number of rotatable bonds is 3. The van der Waals surface area contributed by atoms with Crippen molar-refractivity contribution in [1.29, 1.82) is 0 Å². The molecule has 0 bridgehead atoms. The zero-order valence-corrected chi connectivity index (χ0v) is 13.7. The van der Waals surface area contributed by atoms with E-state index in [-0.39, 0.29) is 29.9 Å². The van der Waals surface area contributed by atoms with Crippen LogP contribution in [0.15, 0.2) is 27.9 Å². The van der Waals surface area contributed by atoms with Crippen LogP contribution in [-0.2, 0) is 14.8 Å². The van der Waals surface area contributed by atoms with E-state index in [1.807, 2.05) is 13.8 Å². The first-order chi connectivity index (χ1) is 10.8. The lowest BCUT2D eigenvalue weighted by molar-refractivity contribution is -0.135. The van der Waals surface area contributed by atoms with Crippen molar-refractivity contribution in [3.63, 3.8) is 0 Å². The topological polar surface area (TPSA) is 106 Å². The Morgan fingerprint density at radius 3 is 2.43 bits per heavy atom. The molecule has 2 aromatic rings. The minimum Gasteiger partial charge on any atom is -0.338 e. The maximum absolute atomic E-state index is 12.7. The summed E-state index contributed by atoms with van der Waals surface area (Å²) < 4.78 is 26.6. The highest BCUT2D eigenvalue weighted by molar-refractivity contribution is 7.89. The van der Waals surface area contributed by atoms with Gasteiger partial charge in [0.2, 0.25) is 15.9 Å². The molecule has 0 aliphatic carbocycles. The first-order valence-corrected chi connectivity index (χ1v) is 8.75. The van der Waals surface area contributed by atoms with Gasteiger partial charge in [0.1, 0.15) is 0 Å². The molecule has 1 aromatic heterocycles. The van der Waals surface area contributed by atoms with Gasteiger partial charge in [-0.3, -0.25) is 4.79 Å². The lowest BCUT2D eigenvalue weighted by Crippen LogP contribution is -2.54. The average Bonchev–Trinajstić information content (AvgIpc) is 2.85. The van der Waals surface area contributed by atoms with Gasteiger partial charge in [-0.25, -0.2) is 13.2 Å². The van der Waals surface area contributed by atoms with Gasteiger partial charge in [-0.2, -0.15) is 4.31 Å². The molecule has 8 nitrogen and oxygen atoms in total. The number of H-pyrrole nitrogens is 2. The number of carbonyl (C=O) groups excluding carboxylic acids is 1. The third-order valence-corrected chi connectivity index (χ3v) is 5.81. The molecule has 1 saturated heterocycles. The summed E-state index contributed by atoms with van der Waals surface area (Å²) in [5.74, 6) is -0.203. The van der Waals surface area contributed by atoms with Crippen LogP contribution in [-0.4, -0.2) is 59.2 Å². The highest BCUT2D eigenvalue weighted by Gasteiger charge is 2.33. The van der Waals surface area contributed by atoms with E-state index in [4.69, 9.17) is 0 Å². The lowest BCUT2D eigenvalue weighted by Gasteiger charge is -2.35. The molecule has 2 N–H and O–H groups in total. The number of sulfonamides is 1. The second-order valence-corrected chi connectivity index (χ2v) is 7.74. The molecule has 9 heteroatoms. The molecule has 0 spiro atoms. The van der Waals surface area contributed by atoms with E-state index < -0.39 is 15.7 Å². The average molecular weight is 338 g/mol. The quantitative estimate of drug-likeness (QED) is 0.827. The van der Waals surface area contributed by atoms with Crippen LogP contribution in [0.5, 0.6) is 0 Å². The normalized spacial score (nSPS) is 17.3. The van der Waals surface area contributed by atoms with Gasteiger partial charge in [0, 0.05) is 19.1 Å². The summed E-state index contributed by atoms with van der Waals surface area (Å²) in [6.07, 6.45) is 0. The Hall–Kier alpha value is -2.13. The smallest absolute Gasteiger partial charge is 0.323 e. The van der Waals surface area contributed by atoms with Crippen LogP contribution in [0, 0.1) is 0 Å². The highest BCUT2D eigenvalue weighted by Crippen LogP contribution is 2.21. The number of piperazine rings is 1. The van der Waals surface area contributed by atoms with E-state index in [1.54, 1.807) is 4.90 Å². The molecule has 0 unspecified atom stereocenters. The highest BCUT2D eigenvalue weighted by atomic mass is 32.2. The van der Waals surface area contributed by atoms with Crippen molar-refractivity contribution in [1.82, 2.24) is 19.2 Å². The van der Waals surface area contributed by atoms with E-state index in [0.29, 0.717) is 17.6 Å². The summed E-state index contributed by atoms with van der Waals surface area (Å²) in [7, 11) is -3.78. The van der Waals surface area contributed by atoms with Gasteiger partial charge in [0.25, 0.3) is 0 Å². The first kappa shape index (κ1) is 15.8. The maximum Gasteiger partial charge on any atom is 0.323 e. The second-order valence-electron chi connectivity index (χ2n) is 5.81. The molecule has 1 aliphatic heterocycles. The van der Waals surface area contributed by atoms with E-state index in [9.17, 15) is 18.0 Å². The molecule has 1 fully saturated rings. The SMILES string of the molecule is CC(C)N1CCN(S(=O)(=O)c2ccc3[nH]c(=O)[nH]c3c2)CC1=O. The number of aromatic amines is 2. The minimum atomic E-state index is -3.78. The molecule has 124 valence electrons. The standard InChI is InChI=1S/C14H18N4O4S/c1-9(2)18-6-5-17(8-13(18)19)23(21,22)10-3-4-11-12(7-10)16-14(20)15-11/h3-4,7,9H,5-6,8H2,1-2H3,(H2,15,16,20). The Balaban J connectivity index is 1.91. The number of carbonyl (C=O) groups is 1. The van der Waals surface area contributed by atoms with Crippen LogP contribution in [0.25, 0.3) is 11.0 Å². The fourth-order valence-electron chi connectivity index (χ4n) is 2.74. The Morgan fingerprint density at radius 1 is 1.09 bits per heavy atom. The van der Waals surface area contributed by atoms with Gasteiger partial charge in [-0.05, 0) is 32.0 Å². The number of nitrogens with one attached hydrogen (secondary N) is 2. The van der Waals surface area contributed by atoms with Crippen molar-refractivity contribution < 1.29 is 13.2 Å². The van der Waals surface area contributed by atoms with Crippen LogP contribution in [0.1, 0.15) is 13.8 Å². The van der Waals surface area contributed by atoms with E-state index in [2.05, 4.69) is 9.97 Å². The van der Waals surface area contributed by atoms with Gasteiger partial charge in [-0.15, -0.1) is 0 Å². The Labute approximate surface area is 133 Å². The molecule has 0 radical (unpaired) electrons. The van der Waals surface area contributed by atoms with Gasteiger partial charge in [-0.1, -0.05) is 0 Å². The fraction of sp³-hybridized carbons (Fsp3) is 0.429. The zero-order valence-electron chi connectivity index (χ0n) is 12.9. The molecule has 23 heavy (non-hydrogen) atoms. The lowest BCUT2D eigenvalue weighted by atomic mass is 10.2. The molecular weight excluding hydrogens is 320 g/mol. The fourth-order valence-corrected chi connectivity index (χ4v) is 4.14. The first-order valence-electron chi connectivity index (χ1n) is 7.31.